The maximum atomic E-state index is 9.72. The van der Waals surface area contributed by atoms with Gasteiger partial charge >= 0.3 is 0 Å². The number of fused-ring (bicyclic) bond motifs is 1. The quantitative estimate of drug-likeness (QED) is 0.655. The van der Waals surface area contributed by atoms with E-state index in [0.29, 0.717) is 5.75 Å². The van der Waals surface area contributed by atoms with E-state index in [0.717, 1.165) is 26.7 Å². The highest BCUT2D eigenvalue weighted by Gasteiger charge is 2.16. The van der Waals surface area contributed by atoms with Crippen molar-refractivity contribution in [2.24, 2.45) is 0 Å². The summed E-state index contributed by atoms with van der Waals surface area (Å²) in [4.78, 5) is 0. The predicted molar refractivity (Wildman–Crippen MR) is 69.0 cm³/mol. The van der Waals surface area contributed by atoms with Crippen molar-refractivity contribution in [2.45, 2.75) is 13.0 Å². The van der Waals surface area contributed by atoms with E-state index in [9.17, 15) is 5.11 Å². The molecule has 2 nitrogen and oxygen atoms in total. The van der Waals surface area contributed by atoms with E-state index < -0.39 is 0 Å². The normalized spacial score (nSPS) is 15.5. The Bertz CT molecular complexity index is 352. The molecule has 1 heterocycles. The van der Waals surface area contributed by atoms with Gasteiger partial charge in [0.05, 0.1) is 7.14 Å². The largest absolute Gasteiger partial charge is 0.506 e. The van der Waals surface area contributed by atoms with Crippen molar-refractivity contribution < 1.29 is 5.11 Å². The van der Waals surface area contributed by atoms with Crippen LogP contribution in [0, 0.1) is 7.14 Å². The minimum atomic E-state index is 0.434. The molecule has 0 bridgehead atoms. The van der Waals surface area contributed by atoms with Crippen molar-refractivity contribution in [1.29, 1.82) is 0 Å². The fourth-order valence-corrected chi connectivity index (χ4v) is 3.54. The molecule has 0 amide bonds. The van der Waals surface area contributed by atoms with Crippen LogP contribution in [0.2, 0.25) is 0 Å². The highest BCUT2D eigenvalue weighted by Crippen LogP contribution is 2.32. The maximum Gasteiger partial charge on any atom is 0.142 e. The van der Waals surface area contributed by atoms with Gasteiger partial charge in [0, 0.05) is 6.54 Å². The minimum absolute atomic E-state index is 0.434. The van der Waals surface area contributed by atoms with Crippen molar-refractivity contribution in [1.82, 2.24) is 5.32 Å². The lowest BCUT2D eigenvalue weighted by atomic mass is 10.0. The van der Waals surface area contributed by atoms with E-state index in [4.69, 9.17) is 0 Å². The third-order valence-corrected chi connectivity index (χ3v) is 4.24. The van der Waals surface area contributed by atoms with E-state index in [-0.39, 0.29) is 0 Å². The van der Waals surface area contributed by atoms with E-state index in [1.54, 1.807) is 0 Å². The second-order valence-electron chi connectivity index (χ2n) is 3.09. The fraction of sp³-hybridized carbons (Fsp3) is 0.333. The number of aromatic hydroxyl groups is 1. The summed E-state index contributed by atoms with van der Waals surface area (Å²) in [6.45, 7) is 1.93. The molecule has 2 rings (SSSR count). The van der Waals surface area contributed by atoms with Crippen LogP contribution in [0.3, 0.4) is 0 Å². The summed E-state index contributed by atoms with van der Waals surface area (Å²) in [7, 11) is 0. The molecular weight excluding hydrogens is 392 g/mol. The van der Waals surface area contributed by atoms with Crippen LogP contribution in [0.4, 0.5) is 0 Å². The summed E-state index contributed by atoms with van der Waals surface area (Å²) in [5.41, 5.74) is 2.65. The smallest absolute Gasteiger partial charge is 0.142 e. The van der Waals surface area contributed by atoms with Crippen LogP contribution >= 0.6 is 45.2 Å². The van der Waals surface area contributed by atoms with Crippen LogP contribution in [0.1, 0.15) is 11.1 Å². The Morgan fingerprint density at radius 3 is 2.92 bits per heavy atom. The first kappa shape index (κ1) is 9.97. The minimum Gasteiger partial charge on any atom is -0.506 e. The number of rotatable bonds is 0. The molecular formula is C9H9I2NO. The Morgan fingerprint density at radius 2 is 2.15 bits per heavy atom. The summed E-state index contributed by atoms with van der Waals surface area (Å²) in [6.07, 6.45) is 1.07. The molecule has 0 fully saturated rings. The summed E-state index contributed by atoms with van der Waals surface area (Å²) < 4.78 is 1.97. The number of hydrogen-bond donors (Lipinski definition) is 2. The molecule has 1 aromatic rings. The number of halogens is 2. The number of hydrogen-bond acceptors (Lipinski definition) is 2. The van der Waals surface area contributed by atoms with Crippen molar-refractivity contribution in [3.63, 3.8) is 0 Å². The first-order chi connectivity index (χ1) is 6.20. The summed E-state index contributed by atoms with van der Waals surface area (Å²) in [5, 5.41) is 13.0. The van der Waals surface area contributed by atoms with Gasteiger partial charge in [-0.25, -0.2) is 0 Å². The molecule has 0 saturated carbocycles. The average Bonchev–Trinajstić information content (AvgIpc) is 2.15. The zero-order valence-corrected chi connectivity index (χ0v) is 11.2. The van der Waals surface area contributed by atoms with Gasteiger partial charge in [-0.2, -0.15) is 0 Å². The number of benzene rings is 1. The molecule has 1 aliphatic heterocycles. The zero-order chi connectivity index (χ0) is 9.42. The second kappa shape index (κ2) is 3.90. The Kier molecular flexibility index (Phi) is 2.99. The molecule has 0 aliphatic carbocycles. The third kappa shape index (κ3) is 1.80. The number of phenolic OH excluding ortho intramolecular Hbond substituents is 1. The van der Waals surface area contributed by atoms with Gasteiger partial charge in [0.2, 0.25) is 0 Å². The Morgan fingerprint density at radius 1 is 1.38 bits per heavy atom. The van der Waals surface area contributed by atoms with Gasteiger partial charge in [-0.05, 0) is 75.3 Å². The first-order valence-corrected chi connectivity index (χ1v) is 6.25. The lowest BCUT2D eigenvalue weighted by molar-refractivity contribution is 0.464. The van der Waals surface area contributed by atoms with Crippen molar-refractivity contribution in [3.05, 3.63) is 24.3 Å². The Hall–Kier alpha value is 0.440. The van der Waals surface area contributed by atoms with E-state index in [1.807, 2.05) is 0 Å². The predicted octanol–water partition coefficient (Wildman–Crippen LogP) is 2.25. The fourth-order valence-electron chi connectivity index (χ4n) is 1.55. The molecule has 2 N–H and O–H groups in total. The van der Waals surface area contributed by atoms with Gasteiger partial charge in [0.15, 0.2) is 0 Å². The Balaban J connectivity index is 2.60. The van der Waals surface area contributed by atoms with E-state index in [1.165, 1.54) is 11.1 Å². The van der Waals surface area contributed by atoms with Crippen LogP contribution in [0.25, 0.3) is 0 Å². The van der Waals surface area contributed by atoms with Crippen LogP contribution in [-0.2, 0) is 13.0 Å². The SMILES string of the molecule is Oc1c(I)cc2c(c1I)CNCC2. The van der Waals surface area contributed by atoms with Crippen LogP contribution in [0.15, 0.2) is 6.07 Å². The molecule has 0 spiro atoms. The first-order valence-electron chi connectivity index (χ1n) is 4.09. The molecule has 13 heavy (non-hydrogen) atoms. The molecule has 0 aromatic heterocycles. The van der Waals surface area contributed by atoms with Gasteiger partial charge in [-0.1, -0.05) is 0 Å². The summed E-state index contributed by atoms with van der Waals surface area (Å²) in [5.74, 6) is 0.434. The van der Waals surface area contributed by atoms with Gasteiger partial charge in [-0.3, -0.25) is 0 Å². The maximum absolute atomic E-state index is 9.72. The standard InChI is InChI=1S/C9H9I2NO/c10-7-3-5-1-2-12-4-6(5)8(11)9(7)13/h3,12-13H,1-2,4H2. The molecule has 0 saturated heterocycles. The van der Waals surface area contributed by atoms with Gasteiger partial charge in [0.1, 0.15) is 5.75 Å². The average molecular weight is 401 g/mol. The lowest BCUT2D eigenvalue weighted by Gasteiger charge is -2.19. The molecule has 4 heteroatoms. The van der Waals surface area contributed by atoms with E-state index >= 15 is 0 Å². The Labute approximate surface area is 104 Å². The summed E-state index contributed by atoms with van der Waals surface area (Å²) in [6, 6.07) is 2.09. The third-order valence-electron chi connectivity index (χ3n) is 2.26. The molecule has 0 unspecified atom stereocenters. The zero-order valence-electron chi connectivity index (χ0n) is 6.90. The molecule has 1 aliphatic rings. The van der Waals surface area contributed by atoms with Crippen LogP contribution in [0.5, 0.6) is 5.75 Å². The van der Waals surface area contributed by atoms with Crippen LogP contribution < -0.4 is 5.32 Å². The van der Waals surface area contributed by atoms with Crippen molar-refractivity contribution >= 4 is 45.2 Å². The molecule has 70 valence electrons. The highest BCUT2D eigenvalue weighted by atomic mass is 127. The van der Waals surface area contributed by atoms with Crippen LogP contribution in [-0.4, -0.2) is 11.7 Å². The number of nitrogens with one attached hydrogen (secondary N) is 1. The van der Waals surface area contributed by atoms with Crippen molar-refractivity contribution in [3.8, 4) is 5.75 Å². The molecule has 0 radical (unpaired) electrons. The summed E-state index contributed by atoms with van der Waals surface area (Å²) >= 11 is 4.40. The van der Waals surface area contributed by atoms with E-state index in [2.05, 4.69) is 56.6 Å². The molecule has 1 aromatic carbocycles. The highest BCUT2D eigenvalue weighted by molar-refractivity contribution is 14.1. The van der Waals surface area contributed by atoms with Crippen molar-refractivity contribution in [2.75, 3.05) is 6.54 Å². The van der Waals surface area contributed by atoms with Gasteiger partial charge in [0.25, 0.3) is 0 Å². The molecule has 0 atom stereocenters. The van der Waals surface area contributed by atoms with Gasteiger partial charge in [-0.15, -0.1) is 0 Å². The number of phenols is 1. The topological polar surface area (TPSA) is 32.3 Å². The second-order valence-corrected chi connectivity index (χ2v) is 5.33. The van der Waals surface area contributed by atoms with Gasteiger partial charge < -0.3 is 10.4 Å². The lowest BCUT2D eigenvalue weighted by Crippen LogP contribution is -2.24. The monoisotopic (exact) mass is 401 g/mol.